The van der Waals surface area contributed by atoms with Gasteiger partial charge >= 0.3 is 0 Å². The highest BCUT2D eigenvalue weighted by Gasteiger charge is 2.23. The van der Waals surface area contributed by atoms with Gasteiger partial charge in [-0.3, -0.25) is 9.59 Å². The summed E-state index contributed by atoms with van der Waals surface area (Å²) in [7, 11) is 0. The van der Waals surface area contributed by atoms with Gasteiger partial charge in [-0.25, -0.2) is 4.39 Å². The van der Waals surface area contributed by atoms with Crippen LogP contribution in [0.2, 0.25) is 0 Å². The second kappa shape index (κ2) is 6.73. The number of hydrogen-bond donors (Lipinski definition) is 1. The number of ketones is 1. The van der Waals surface area contributed by atoms with E-state index in [-0.39, 0.29) is 30.0 Å². The number of Topliss-reactive ketones (excluding diaryl/α,β-unsaturated/α-hetero) is 1. The fourth-order valence-electron chi connectivity index (χ4n) is 1.91. The van der Waals surface area contributed by atoms with Crippen molar-refractivity contribution >= 4 is 17.4 Å². The molecule has 0 saturated carbocycles. The molecule has 22 heavy (non-hydrogen) atoms. The van der Waals surface area contributed by atoms with E-state index in [9.17, 15) is 14.0 Å². The molecule has 1 aromatic carbocycles. The number of benzene rings is 1. The summed E-state index contributed by atoms with van der Waals surface area (Å²) in [6.07, 6.45) is 1.58. The first-order valence-electron chi connectivity index (χ1n) is 7.10. The summed E-state index contributed by atoms with van der Waals surface area (Å²) >= 11 is 0. The fourth-order valence-corrected chi connectivity index (χ4v) is 1.91. The van der Waals surface area contributed by atoms with Crippen LogP contribution in [0.4, 0.5) is 10.1 Å². The second-order valence-electron chi connectivity index (χ2n) is 6.29. The maximum atomic E-state index is 13.4. The average Bonchev–Trinajstić information content (AvgIpc) is 2.41. The molecule has 1 amide bonds. The van der Waals surface area contributed by atoms with Crippen LogP contribution in [0.1, 0.15) is 43.1 Å². The Balaban J connectivity index is 2.92. The van der Waals surface area contributed by atoms with Crippen molar-refractivity contribution in [3.05, 3.63) is 41.9 Å². The molecule has 0 heterocycles. The zero-order chi connectivity index (χ0) is 17.1. The molecule has 0 aliphatic carbocycles. The van der Waals surface area contributed by atoms with Gasteiger partial charge < -0.3 is 10.6 Å². The minimum absolute atomic E-state index is 0.0513. The standard InChI is InChI=1S/C17H23FN2O2/c1-6-20(8-7-15(21)17(3,4)5)16(22)12-9-11(2)13(18)10-14(12)19/h6,9-10H,1,7-8,19H2,2-5H3. The van der Waals surface area contributed by atoms with Gasteiger partial charge in [0.1, 0.15) is 11.6 Å². The molecule has 0 aliphatic rings. The van der Waals surface area contributed by atoms with Crippen LogP contribution in [0, 0.1) is 18.2 Å². The van der Waals surface area contributed by atoms with Crippen molar-refractivity contribution in [1.82, 2.24) is 4.90 Å². The summed E-state index contributed by atoms with van der Waals surface area (Å²) in [6, 6.07) is 2.54. The first-order chi connectivity index (χ1) is 10.1. The van der Waals surface area contributed by atoms with Crippen molar-refractivity contribution in [2.75, 3.05) is 12.3 Å². The van der Waals surface area contributed by atoms with Crippen LogP contribution in [0.15, 0.2) is 24.9 Å². The average molecular weight is 306 g/mol. The van der Waals surface area contributed by atoms with Crippen LogP contribution in [-0.4, -0.2) is 23.1 Å². The summed E-state index contributed by atoms with van der Waals surface area (Å²) in [4.78, 5) is 25.8. The van der Waals surface area contributed by atoms with Crippen LogP contribution in [0.5, 0.6) is 0 Å². The summed E-state index contributed by atoms with van der Waals surface area (Å²) in [6.45, 7) is 10.9. The van der Waals surface area contributed by atoms with Crippen molar-refractivity contribution in [3.63, 3.8) is 0 Å². The van der Waals surface area contributed by atoms with E-state index in [4.69, 9.17) is 5.73 Å². The topological polar surface area (TPSA) is 63.4 Å². The van der Waals surface area contributed by atoms with Crippen molar-refractivity contribution in [3.8, 4) is 0 Å². The number of rotatable bonds is 5. The number of nitrogens with two attached hydrogens (primary N) is 1. The van der Waals surface area contributed by atoms with E-state index in [1.807, 2.05) is 20.8 Å². The Morgan fingerprint density at radius 2 is 1.95 bits per heavy atom. The maximum absolute atomic E-state index is 13.4. The summed E-state index contributed by atoms with van der Waals surface area (Å²) in [5.41, 5.74) is 5.88. The molecule has 120 valence electrons. The number of anilines is 1. The quantitative estimate of drug-likeness (QED) is 0.849. The SMILES string of the molecule is C=CN(CCC(=O)C(C)(C)C)C(=O)c1cc(C)c(F)cc1N. The molecular formula is C17H23FN2O2. The van der Waals surface area contributed by atoms with Crippen LogP contribution in [0.3, 0.4) is 0 Å². The first-order valence-corrected chi connectivity index (χ1v) is 7.10. The number of amides is 1. The Labute approximate surface area is 130 Å². The Kier molecular flexibility index (Phi) is 5.47. The van der Waals surface area contributed by atoms with Crippen molar-refractivity contribution in [2.24, 2.45) is 5.41 Å². The van der Waals surface area contributed by atoms with Crippen LogP contribution < -0.4 is 5.73 Å². The van der Waals surface area contributed by atoms with E-state index in [1.54, 1.807) is 6.92 Å². The fraction of sp³-hybridized carbons (Fsp3) is 0.412. The maximum Gasteiger partial charge on any atom is 0.259 e. The number of nitrogens with zero attached hydrogens (tertiary/aromatic N) is 1. The minimum Gasteiger partial charge on any atom is -0.398 e. The van der Waals surface area contributed by atoms with Crippen LogP contribution in [-0.2, 0) is 4.79 Å². The lowest BCUT2D eigenvalue weighted by Crippen LogP contribution is -2.31. The molecule has 1 aromatic rings. The minimum atomic E-state index is -0.457. The molecule has 0 radical (unpaired) electrons. The highest BCUT2D eigenvalue weighted by atomic mass is 19.1. The van der Waals surface area contributed by atoms with Gasteiger partial charge in [0, 0.05) is 24.1 Å². The molecule has 0 atom stereocenters. The van der Waals surface area contributed by atoms with E-state index < -0.39 is 17.1 Å². The predicted molar refractivity (Wildman–Crippen MR) is 85.9 cm³/mol. The Hall–Kier alpha value is -2.17. The van der Waals surface area contributed by atoms with Gasteiger partial charge in [0.2, 0.25) is 0 Å². The Morgan fingerprint density at radius 1 is 1.36 bits per heavy atom. The highest BCUT2D eigenvalue weighted by molar-refractivity contribution is 6.00. The van der Waals surface area contributed by atoms with Crippen molar-refractivity contribution in [1.29, 1.82) is 0 Å². The van der Waals surface area contributed by atoms with Gasteiger partial charge in [-0.05, 0) is 30.8 Å². The number of hydrogen-bond acceptors (Lipinski definition) is 3. The third-order valence-electron chi connectivity index (χ3n) is 3.46. The largest absolute Gasteiger partial charge is 0.398 e. The number of nitrogen functional groups attached to an aromatic ring is 1. The van der Waals surface area contributed by atoms with Crippen molar-refractivity contribution < 1.29 is 14.0 Å². The predicted octanol–water partition coefficient (Wildman–Crippen LogP) is 3.31. The van der Waals surface area contributed by atoms with E-state index in [2.05, 4.69) is 6.58 Å². The van der Waals surface area contributed by atoms with Crippen molar-refractivity contribution in [2.45, 2.75) is 34.1 Å². The van der Waals surface area contributed by atoms with E-state index in [0.717, 1.165) is 6.07 Å². The molecular weight excluding hydrogens is 283 g/mol. The normalized spacial score (nSPS) is 11.1. The molecule has 5 heteroatoms. The number of carbonyl (C=O) groups excluding carboxylic acids is 2. The summed E-state index contributed by atoms with van der Waals surface area (Å²) in [5, 5.41) is 0. The molecule has 0 unspecified atom stereocenters. The lowest BCUT2D eigenvalue weighted by atomic mass is 9.89. The first kappa shape index (κ1) is 17.9. The van der Waals surface area contributed by atoms with Gasteiger partial charge in [-0.2, -0.15) is 0 Å². The lowest BCUT2D eigenvalue weighted by molar-refractivity contribution is -0.126. The molecule has 4 nitrogen and oxygen atoms in total. The van der Waals surface area contributed by atoms with Gasteiger partial charge in [0.15, 0.2) is 0 Å². The molecule has 0 saturated heterocycles. The smallest absolute Gasteiger partial charge is 0.259 e. The monoisotopic (exact) mass is 306 g/mol. The lowest BCUT2D eigenvalue weighted by Gasteiger charge is -2.22. The zero-order valence-electron chi connectivity index (χ0n) is 13.6. The van der Waals surface area contributed by atoms with E-state index in [1.165, 1.54) is 17.2 Å². The Bertz CT molecular complexity index is 603. The molecule has 1 rings (SSSR count). The summed E-state index contributed by atoms with van der Waals surface area (Å²) in [5.74, 6) is -0.796. The second-order valence-corrected chi connectivity index (χ2v) is 6.29. The molecule has 0 aliphatic heterocycles. The van der Waals surface area contributed by atoms with Gasteiger partial charge in [-0.15, -0.1) is 0 Å². The van der Waals surface area contributed by atoms with Crippen LogP contribution in [0.25, 0.3) is 0 Å². The van der Waals surface area contributed by atoms with Gasteiger partial charge in [0.25, 0.3) is 5.91 Å². The van der Waals surface area contributed by atoms with E-state index in [0.29, 0.717) is 5.56 Å². The Morgan fingerprint density at radius 3 is 2.45 bits per heavy atom. The number of aryl methyl sites for hydroxylation is 1. The molecule has 2 N–H and O–H groups in total. The summed E-state index contributed by atoms with van der Waals surface area (Å²) < 4.78 is 13.4. The number of halogens is 1. The third kappa shape index (κ3) is 4.16. The third-order valence-corrected chi connectivity index (χ3v) is 3.46. The van der Waals surface area contributed by atoms with Gasteiger partial charge in [-0.1, -0.05) is 27.4 Å². The number of carbonyl (C=O) groups is 2. The molecule has 0 fully saturated rings. The molecule has 0 spiro atoms. The van der Waals surface area contributed by atoms with E-state index >= 15 is 0 Å². The molecule has 0 aromatic heterocycles. The molecule has 0 bridgehead atoms. The van der Waals surface area contributed by atoms with Gasteiger partial charge in [0.05, 0.1) is 5.56 Å². The van der Waals surface area contributed by atoms with Crippen LogP contribution >= 0.6 is 0 Å². The zero-order valence-corrected chi connectivity index (χ0v) is 13.6. The highest BCUT2D eigenvalue weighted by Crippen LogP contribution is 2.21.